The molecule has 6 heteroatoms. The number of aromatic amines is 1. The van der Waals surface area contributed by atoms with Crippen molar-refractivity contribution in [3.63, 3.8) is 0 Å². The number of rotatable bonds is 6. The quantitative estimate of drug-likeness (QED) is 0.703. The number of anilines is 1. The van der Waals surface area contributed by atoms with Gasteiger partial charge in [-0.25, -0.2) is 0 Å². The molecule has 2 amide bonds. The summed E-state index contributed by atoms with van der Waals surface area (Å²) < 4.78 is 5.49. The Balaban J connectivity index is 1.69. The van der Waals surface area contributed by atoms with E-state index in [1.807, 2.05) is 43.3 Å². The van der Waals surface area contributed by atoms with Gasteiger partial charge >= 0.3 is 0 Å². The zero-order valence-corrected chi connectivity index (χ0v) is 15.7. The average molecular weight is 365 g/mol. The zero-order valence-electron chi connectivity index (χ0n) is 15.7. The molecule has 0 radical (unpaired) electrons. The van der Waals surface area contributed by atoms with Crippen LogP contribution in [0.25, 0.3) is 10.9 Å². The molecule has 0 saturated carbocycles. The minimum Gasteiger partial charge on any atom is -0.494 e. The summed E-state index contributed by atoms with van der Waals surface area (Å²) in [5, 5.41) is 3.81. The van der Waals surface area contributed by atoms with E-state index in [1.54, 1.807) is 31.1 Å². The Morgan fingerprint density at radius 2 is 1.81 bits per heavy atom. The van der Waals surface area contributed by atoms with Gasteiger partial charge in [0.2, 0.25) is 5.91 Å². The Bertz CT molecular complexity index is 958. The molecule has 0 aliphatic rings. The molecule has 1 aromatic heterocycles. The van der Waals surface area contributed by atoms with Gasteiger partial charge in [-0.2, -0.15) is 0 Å². The first-order chi connectivity index (χ1) is 13.0. The van der Waals surface area contributed by atoms with Crippen molar-refractivity contribution in [2.75, 3.05) is 26.0 Å². The molecule has 3 rings (SSSR count). The summed E-state index contributed by atoms with van der Waals surface area (Å²) in [6.07, 6.45) is 0.339. The van der Waals surface area contributed by atoms with Gasteiger partial charge in [0.25, 0.3) is 5.91 Å². The Kier molecular flexibility index (Phi) is 5.45. The van der Waals surface area contributed by atoms with Gasteiger partial charge in [0.15, 0.2) is 0 Å². The highest BCUT2D eigenvalue weighted by molar-refractivity contribution is 6.06. The number of ether oxygens (including phenoxy) is 1. The van der Waals surface area contributed by atoms with Gasteiger partial charge in [0.05, 0.1) is 13.0 Å². The number of likely N-dealkylation sites (N-methyl/N-ethyl adjacent to an activating group) is 1. The van der Waals surface area contributed by atoms with Gasteiger partial charge in [0.1, 0.15) is 11.4 Å². The Hall–Kier alpha value is -3.28. The van der Waals surface area contributed by atoms with Crippen LogP contribution in [0.5, 0.6) is 5.75 Å². The number of hydrogen-bond acceptors (Lipinski definition) is 3. The van der Waals surface area contributed by atoms with Crippen molar-refractivity contribution in [3.8, 4) is 5.75 Å². The molecule has 0 spiro atoms. The molecule has 2 aromatic carbocycles. The fourth-order valence-corrected chi connectivity index (χ4v) is 2.72. The number of aromatic nitrogens is 1. The molecule has 0 aliphatic carbocycles. The molecular formula is C21H23N3O3. The van der Waals surface area contributed by atoms with Crippen LogP contribution in [-0.4, -0.2) is 42.4 Å². The van der Waals surface area contributed by atoms with Crippen LogP contribution in [-0.2, 0) is 11.2 Å². The predicted molar refractivity (Wildman–Crippen MR) is 106 cm³/mol. The molecule has 3 aromatic rings. The number of H-pyrrole nitrogens is 1. The molecule has 6 nitrogen and oxygen atoms in total. The van der Waals surface area contributed by atoms with Crippen molar-refractivity contribution in [2.24, 2.45) is 0 Å². The Labute approximate surface area is 158 Å². The lowest BCUT2D eigenvalue weighted by Crippen LogP contribution is -2.23. The fourth-order valence-electron chi connectivity index (χ4n) is 2.72. The lowest BCUT2D eigenvalue weighted by molar-refractivity contribution is -0.127. The van der Waals surface area contributed by atoms with Crippen molar-refractivity contribution < 1.29 is 14.3 Å². The van der Waals surface area contributed by atoms with E-state index in [2.05, 4.69) is 10.3 Å². The van der Waals surface area contributed by atoms with E-state index in [1.165, 1.54) is 0 Å². The van der Waals surface area contributed by atoms with E-state index >= 15 is 0 Å². The average Bonchev–Trinajstić information content (AvgIpc) is 3.07. The maximum absolute atomic E-state index is 12.5. The van der Waals surface area contributed by atoms with E-state index in [0.717, 1.165) is 22.2 Å². The molecule has 0 fully saturated rings. The normalized spacial score (nSPS) is 10.6. The second-order valence-electron chi connectivity index (χ2n) is 6.48. The first-order valence-corrected chi connectivity index (χ1v) is 8.82. The van der Waals surface area contributed by atoms with Crippen LogP contribution in [0, 0.1) is 0 Å². The standard InChI is InChI=1S/C21H23N3O3/c1-4-27-17-10-7-15-12-19(23-18(15)13-17)21(26)22-16-8-5-14(6-9-16)11-20(25)24(2)3/h5-10,12-13,23H,4,11H2,1-3H3,(H,22,26). The van der Waals surface area contributed by atoms with Gasteiger partial charge in [-0.3, -0.25) is 9.59 Å². The van der Waals surface area contributed by atoms with Gasteiger partial charge in [-0.05, 0) is 42.8 Å². The third-order valence-electron chi connectivity index (χ3n) is 4.22. The van der Waals surface area contributed by atoms with E-state index in [-0.39, 0.29) is 11.8 Å². The number of hydrogen-bond donors (Lipinski definition) is 2. The third-order valence-corrected chi connectivity index (χ3v) is 4.22. The Morgan fingerprint density at radius 1 is 1.07 bits per heavy atom. The Morgan fingerprint density at radius 3 is 2.48 bits per heavy atom. The summed E-state index contributed by atoms with van der Waals surface area (Å²) in [4.78, 5) is 28.9. The molecule has 0 saturated heterocycles. The minimum atomic E-state index is -0.221. The van der Waals surface area contributed by atoms with Gasteiger partial charge < -0.3 is 19.9 Å². The SMILES string of the molecule is CCOc1ccc2cc(C(=O)Nc3ccc(CC(=O)N(C)C)cc3)[nH]c2c1. The topological polar surface area (TPSA) is 74.4 Å². The second-order valence-corrected chi connectivity index (χ2v) is 6.48. The summed E-state index contributed by atoms with van der Waals surface area (Å²) in [6.45, 7) is 2.52. The van der Waals surface area contributed by atoms with Crippen molar-refractivity contribution in [2.45, 2.75) is 13.3 Å². The lowest BCUT2D eigenvalue weighted by atomic mass is 10.1. The molecule has 27 heavy (non-hydrogen) atoms. The summed E-state index contributed by atoms with van der Waals surface area (Å²) in [6, 6.07) is 14.8. The highest BCUT2D eigenvalue weighted by Crippen LogP contribution is 2.22. The zero-order chi connectivity index (χ0) is 19.4. The van der Waals surface area contributed by atoms with Crippen molar-refractivity contribution in [1.82, 2.24) is 9.88 Å². The first kappa shape index (κ1) is 18.5. The second kappa shape index (κ2) is 7.95. The molecule has 2 N–H and O–H groups in total. The molecule has 1 heterocycles. The molecular weight excluding hydrogens is 342 g/mol. The van der Waals surface area contributed by atoms with E-state index in [0.29, 0.717) is 24.4 Å². The van der Waals surface area contributed by atoms with Crippen molar-refractivity contribution in [1.29, 1.82) is 0 Å². The molecule has 0 unspecified atom stereocenters. The number of carbonyl (C=O) groups excluding carboxylic acids is 2. The van der Waals surface area contributed by atoms with Crippen LogP contribution >= 0.6 is 0 Å². The van der Waals surface area contributed by atoms with Gasteiger partial charge in [-0.1, -0.05) is 12.1 Å². The van der Waals surface area contributed by atoms with Crippen LogP contribution in [0.1, 0.15) is 23.0 Å². The van der Waals surface area contributed by atoms with Gasteiger partial charge in [-0.15, -0.1) is 0 Å². The summed E-state index contributed by atoms with van der Waals surface area (Å²) >= 11 is 0. The molecule has 0 aliphatic heterocycles. The number of benzene rings is 2. The fraction of sp³-hybridized carbons (Fsp3) is 0.238. The summed E-state index contributed by atoms with van der Waals surface area (Å²) in [7, 11) is 3.46. The first-order valence-electron chi connectivity index (χ1n) is 8.82. The number of nitrogens with one attached hydrogen (secondary N) is 2. The van der Waals surface area contributed by atoms with E-state index < -0.39 is 0 Å². The lowest BCUT2D eigenvalue weighted by Gasteiger charge is -2.10. The molecule has 0 bridgehead atoms. The van der Waals surface area contributed by atoms with Crippen LogP contribution in [0.2, 0.25) is 0 Å². The maximum Gasteiger partial charge on any atom is 0.272 e. The maximum atomic E-state index is 12.5. The van der Waals surface area contributed by atoms with Crippen LogP contribution in [0.4, 0.5) is 5.69 Å². The largest absolute Gasteiger partial charge is 0.494 e. The molecule has 0 atom stereocenters. The van der Waals surface area contributed by atoms with Crippen LogP contribution < -0.4 is 10.1 Å². The predicted octanol–water partition coefficient (Wildman–Crippen LogP) is 3.45. The highest BCUT2D eigenvalue weighted by Gasteiger charge is 2.11. The number of amides is 2. The van der Waals surface area contributed by atoms with E-state index in [9.17, 15) is 9.59 Å². The highest BCUT2D eigenvalue weighted by atomic mass is 16.5. The van der Waals surface area contributed by atoms with Crippen molar-refractivity contribution >= 4 is 28.4 Å². The third kappa shape index (κ3) is 4.47. The number of fused-ring (bicyclic) bond motifs is 1. The van der Waals surface area contributed by atoms with Crippen LogP contribution in [0.3, 0.4) is 0 Å². The van der Waals surface area contributed by atoms with Crippen LogP contribution in [0.15, 0.2) is 48.5 Å². The molecule has 140 valence electrons. The van der Waals surface area contributed by atoms with E-state index in [4.69, 9.17) is 4.74 Å². The smallest absolute Gasteiger partial charge is 0.272 e. The van der Waals surface area contributed by atoms with Crippen molar-refractivity contribution in [3.05, 3.63) is 59.8 Å². The van der Waals surface area contributed by atoms with Gasteiger partial charge in [0, 0.05) is 36.8 Å². The monoisotopic (exact) mass is 365 g/mol. The summed E-state index contributed by atoms with van der Waals surface area (Å²) in [5.41, 5.74) is 2.91. The number of nitrogens with zero attached hydrogens (tertiary/aromatic N) is 1. The minimum absolute atomic E-state index is 0.0382. The number of carbonyl (C=O) groups is 2. The summed E-state index contributed by atoms with van der Waals surface area (Å²) in [5.74, 6) is 0.583.